The Morgan fingerprint density at radius 3 is 1.47 bits per heavy atom. The summed E-state index contributed by atoms with van der Waals surface area (Å²) in [4.78, 5) is 0. The zero-order chi connectivity index (χ0) is 11.9. The molecule has 0 unspecified atom stereocenters. The standard InChI is InChI=1S/C9H19N.2C2H5.Al/c1-8(2)6-5-7-9(3,4)10-8;2*1-2;/h10H,5-7H2,1-4H3;2*1H2,2H3;. The van der Waals surface area contributed by atoms with E-state index in [1.54, 1.807) is 0 Å². The van der Waals surface area contributed by atoms with E-state index in [0.717, 1.165) is 15.2 Å². The molecule has 1 fully saturated rings. The summed E-state index contributed by atoms with van der Waals surface area (Å²) in [5, 5.41) is 6.49. The van der Waals surface area contributed by atoms with Crippen molar-refractivity contribution in [3.05, 3.63) is 0 Å². The van der Waals surface area contributed by atoms with Gasteiger partial charge in [-0.05, 0) is 47.0 Å². The molecule has 0 aromatic carbocycles. The molecule has 1 radical (unpaired) electrons. The fraction of sp³-hybridized carbons (Fsp3) is 1.00. The Morgan fingerprint density at radius 2 is 1.33 bits per heavy atom. The van der Waals surface area contributed by atoms with Gasteiger partial charge in [0.15, 0.2) is 15.2 Å². The maximum atomic E-state index is 3.63. The first-order chi connectivity index (χ1) is 6.83. The molecular weight excluding hydrogens is 197 g/mol. The van der Waals surface area contributed by atoms with Crippen LogP contribution >= 0.6 is 0 Å². The van der Waals surface area contributed by atoms with Gasteiger partial charge in [-0.3, -0.25) is 0 Å². The topological polar surface area (TPSA) is 12.0 Å². The Balaban J connectivity index is 0.000000336. The van der Waals surface area contributed by atoms with Crippen LogP contribution in [0.1, 0.15) is 60.8 Å². The lowest BCUT2D eigenvalue weighted by Crippen LogP contribution is -2.55. The number of rotatable bonds is 2. The maximum Gasteiger partial charge on any atom is 0.198 e. The average Bonchev–Trinajstić information content (AvgIpc) is 2.01. The molecule has 0 aromatic rings. The van der Waals surface area contributed by atoms with Gasteiger partial charge in [-0.25, -0.2) is 0 Å². The first-order valence-corrected chi connectivity index (χ1v) is 8.07. The molecule has 1 aliphatic heterocycles. The number of hydrogen-bond acceptors (Lipinski definition) is 1. The van der Waals surface area contributed by atoms with Crippen molar-refractivity contribution in [2.24, 2.45) is 0 Å². The van der Waals surface area contributed by atoms with E-state index in [9.17, 15) is 0 Å². The normalized spacial score (nSPS) is 22.5. The van der Waals surface area contributed by atoms with E-state index in [1.165, 1.54) is 29.8 Å². The van der Waals surface area contributed by atoms with Crippen LogP contribution in [0.15, 0.2) is 0 Å². The fourth-order valence-corrected chi connectivity index (χ4v) is 2.88. The Hall–Kier alpha value is 0.492. The van der Waals surface area contributed by atoms with Crippen LogP contribution in [0.25, 0.3) is 0 Å². The molecule has 1 saturated heterocycles. The van der Waals surface area contributed by atoms with Gasteiger partial charge in [0.1, 0.15) is 0 Å². The second-order valence-corrected chi connectivity index (χ2v) is 8.06. The van der Waals surface area contributed by atoms with Gasteiger partial charge in [-0.1, -0.05) is 13.8 Å². The molecule has 0 aromatic heterocycles. The first-order valence-electron chi connectivity index (χ1n) is 6.44. The number of hydrogen-bond donors (Lipinski definition) is 1. The SMILES string of the molecule is CC1(C)CCCC(C)(C)N1.C[CH2][Al][CH2]C. The Kier molecular flexibility index (Phi) is 7.17. The summed E-state index contributed by atoms with van der Waals surface area (Å²) in [5.41, 5.74) is 0.726. The van der Waals surface area contributed by atoms with Gasteiger partial charge in [0, 0.05) is 11.1 Å². The van der Waals surface area contributed by atoms with Crippen LogP contribution in [0.5, 0.6) is 0 Å². The number of nitrogens with one attached hydrogen (secondary N) is 1. The monoisotopic (exact) mass is 226 g/mol. The molecule has 1 N–H and O–H groups in total. The third-order valence-electron chi connectivity index (χ3n) is 2.86. The van der Waals surface area contributed by atoms with Crippen molar-refractivity contribution in [2.45, 2.75) is 82.4 Å². The molecule has 89 valence electrons. The highest BCUT2D eigenvalue weighted by Gasteiger charge is 2.31. The molecule has 0 amide bonds. The van der Waals surface area contributed by atoms with Crippen molar-refractivity contribution < 1.29 is 0 Å². The summed E-state index contributed by atoms with van der Waals surface area (Å²) in [6, 6.07) is 0. The molecule has 0 aliphatic carbocycles. The average molecular weight is 226 g/mol. The van der Waals surface area contributed by atoms with Gasteiger partial charge in [-0.2, -0.15) is 0 Å². The van der Waals surface area contributed by atoms with Crippen LogP contribution < -0.4 is 5.32 Å². The van der Waals surface area contributed by atoms with Crippen LogP contribution in [0.4, 0.5) is 0 Å². The Morgan fingerprint density at radius 1 is 0.933 bits per heavy atom. The molecule has 1 nitrogen and oxygen atoms in total. The molecule has 0 spiro atoms. The van der Waals surface area contributed by atoms with Crippen LogP contribution in [-0.4, -0.2) is 26.3 Å². The predicted molar refractivity (Wildman–Crippen MR) is 71.9 cm³/mol. The first kappa shape index (κ1) is 15.5. The van der Waals surface area contributed by atoms with Gasteiger partial charge >= 0.3 is 0 Å². The van der Waals surface area contributed by atoms with Gasteiger partial charge in [0.2, 0.25) is 0 Å². The highest BCUT2D eigenvalue weighted by atomic mass is 27.1. The summed E-state index contributed by atoms with van der Waals surface area (Å²) in [7, 11) is 0. The Labute approximate surface area is 103 Å². The van der Waals surface area contributed by atoms with Crippen LogP contribution in [0, 0.1) is 0 Å². The lowest BCUT2D eigenvalue weighted by Gasteiger charge is -2.42. The molecule has 0 saturated carbocycles. The van der Waals surface area contributed by atoms with E-state index >= 15 is 0 Å². The smallest absolute Gasteiger partial charge is 0.198 e. The maximum absolute atomic E-state index is 3.63. The van der Waals surface area contributed by atoms with Gasteiger partial charge in [0.25, 0.3) is 0 Å². The highest BCUT2D eigenvalue weighted by molar-refractivity contribution is 6.34. The van der Waals surface area contributed by atoms with Crippen molar-refractivity contribution >= 4 is 15.2 Å². The quantitative estimate of drug-likeness (QED) is 0.704. The van der Waals surface area contributed by atoms with E-state index in [0.29, 0.717) is 11.1 Å². The number of piperidine rings is 1. The third-order valence-corrected chi connectivity index (χ3v) is 4.01. The van der Waals surface area contributed by atoms with Crippen LogP contribution in [0.2, 0.25) is 10.6 Å². The van der Waals surface area contributed by atoms with Crippen molar-refractivity contribution in [2.75, 3.05) is 0 Å². The molecule has 1 heterocycles. The fourth-order valence-electron chi connectivity index (χ4n) is 2.30. The van der Waals surface area contributed by atoms with Gasteiger partial charge in [0.05, 0.1) is 0 Å². The highest BCUT2D eigenvalue weighted by Crippen LogP contribution is 2.27. The Bertz CT molecular complexity index is 148. The summed E-state index contributed by atoms with van der Waals surface area (Å²) in [6.07, 6.45) is 4.00. The van der Waals surface area contributed by atoms with E-state index in [1.807, 2.05) is 0 Å². The van der Waals surface area contributed by atoms with Crippen molar-refractivity contribution in [3.63, 3.8) is 0 Å². The van der Waals surface area contributed by atoms with Crippen molar-refractivity contribution in [1.29, 1.82) is 0 Å². The molecular formula is C13H29AlN. The van der Waals surface area contributed by atoms with Crippen molar-refractivity contribution in [1.82, 2.24) is 5.32 Å². The summed E-state index contributed by atoms with van der Waals surface area (Å²) in [5.74, 6) is 0. The summed E-state index contributed by atoms with van der Waals surface area (Å²) >= 11 is 0.815. The molecule has 15 heavy (non-hydrogen) atoms. The van der Waals surface area contributed by atoms with Crippen LogP contribution in [-0.2, 0) is 0 Å². The minimum Gasteiger partial charge on any atom is -0.307 e. The summed E-state index contributed by atoms with van der Waals surface area (Å²) < 4.78 is 0. The molecule has 2 heteroatoms. The second kappa shape index (κ2) is 6.94. The van der Waals surface area contributed by atoms with Crippen molar-refractivity contribution in [3.8, 4) is 0 Å². The zero-order valence-corrected chi connectivity index (χ0v) is 12.8. The van der Waals surface area contributed by atoms with Crippen LogP contribution in [0.3, 0.4) is 0 Å². The molecule has 0 bridgehead atoms. The van der Waals surface area contributed by atoms with E-state index in [2.05, 4.69) is 46.9 Å². The van der Waals surface area contributed by atoms with Gasteiger partial charge < -0.3 is 5.32 Å². The van der Waals surface area contributed by atoms with E-state index in [4.69, 9.17) is 0 Å². The second-order valence-electron chi connectivity index (χ2n) is 5.85. The summed E-state index contributed by atoms with van der Waals surface area (Å²) in [6.45, 7) is 13.6. The van der Waals surface area contributed by atoms with E-state index < -0.39 is 0 Å². The minimum absolute atomic E-state index is 0.363. The largest absolute Gasteiger partial charge is 0.307 e. The molecule has 1 aliphatic rings. The molecule has 1 rings (SSSR count). The van der Waals surface area contributed by atoms with E-state index in [-0.39, 0.29) is 0 Å². The third kappa shape index (κ3) is 8.32. The lowest BCUT2D eigenvalue weighted by molar-refractivity contribution is 0.183. The van der Waals surface area contributed by atoms with Gasteiger partial charge in [-0.15, -0.1) is 10.6 Å². The zero-order valence-electron chi connectivity index (χ0n) is 11.6. The lowest BCUT2D eigenvalue weighted by atomic mass is 9.83. The molecule has 0 atom stereocenters. The predicted octanol–water partition coefficient (Wildman–Crippen LogP) is 3.88. The minimum atomic E-state index is 0.363.